The van der Waals surface area contributed by atoms with E-state index >= 15 is 0 Å². The van der Waals surface area contributed by atoms with Crippen molar-refractivity contribution in [3.63, 3.8) is 0 Å². The molecule has 0 bridgehead atoms. The molecule has 0 amide bonds. The van der Waals surface area contributed by atoms with Crippen LogP contribution in [0.1, 0.15) is 36.9 Å². The lowest BCUT2D eigenvalue weighted by Crippen LogP contribution is -2.29. The van der Waals surface area contributed by atoms with E-state index < -0.39 is 0 Å². The van der Waals surface area contributed by atoms with Gasteiger partial charge in [-0.3, -0.25) is 4.90 Å². The van der Waals surface area contributed by atoms with Crippen molar-refractivity contribution in [2.75, 3.05) is 13.6 Å². The van der Waals surface area contributed by atoms with Crippen LogP contribution in [0.25, 0.3) is 0 Å². The Labute approximate surface area is 89.1 Å². The van der Waals surface area contributed by atoms with E-state index in [0.717, 1.165) is 24.6 Å². The average molecular weight is 215 g/mol. The first-order valence-corrected chi connectivity index (χ1v) is 5.55. The van der Waals surface area contributed by atoms with Gasteiger partial charge in [-0.1, -0.05) is 6.42 Å². The molecule has 0 aliphatic carbocycles. The van der Waals surface area contributed by atoms with Crippen LogP contribution in [0.2, 0.25) is 0 Å². The molecule has 3 nitrogen and oxygen atoms in total. The number of hydrogen-bond acceptors (Lipinski definition) is 3. The van der Waals surface area contributed by atoms with E-state index in [2.05, 4.69) is 16.9 Å². The summed E-state index contributed by atoms with van der Waals surface area (Å²) in [5, 5.41) is 0. The van der Waals surface area contributed by atoms with E-state index in [-0.39, 0.29) is 0 Å². The third kappa shape index (κ3) is 1.93. The highest BCUT2D eigenvalue weighted by Crippen LogP contribution is 2.28. The molecule has 1 aromatic rings. The Bertz CT molecular complexity index is 300. The van der Waals surface area contributed by atoms with Gasteiger partial charge in [0.25, 0.3) is 0 Å². The van der Waals surface area contributed by atoms with Crippen LogP contribution < -0.4 is 0 Å². The molecule has 1 aromatic heterocycles. The highest BCUT2D eigenvalue weighted by Gasteiger charge is 2.24. The van der Waals surface area contributed by atoms with Gasteiger partial charge in [-0.05, 0) is 26.4 Å². The molecule has 0 saturated carbocycles. The van der Waals surface area contributed by atoms with Crippen molar-refractivity contribution in [3.05, 3.63) is 17.8 Å². The van der Waals surface area contributed by atoms with Crippen LogP contribution in [0.3, 0.4) is 0 Å². The zero-order valence-corrected chi connectivity index (χ0v) is 9.13. The van der Waals surface area contributed by atoms with E-state index in [1.54, 1.807) is 6.26 Å². The molecular formula is C10H15ClN2O. The highest BCUT2D eigenvalue weighted by atomic mass is 35.5. The number of hydrogen-bond donors (Lipinski definition) is 0. The van der Waals surface area contributed by atoms with Crippen molar-refractivity contribution in [1.29, 1.82) is 0 Å². The Kier molecular flexibility index (Phi) is 3.08. The van der Waals surface area contributed by atoms with Crippen molar-refractivity contribution in [3.8, 4) is 0 Å². The maximum absolute atomic E-state index is 5.68. The number of likely N-dealkylation sites (tertiary alicyclic amines) is 1. The second kappa shape index (κ2) is 4.32. The summed E-state index contributed by atoms with van der Waals surface area (Å²) in [6, 6.07) is 0.348. The van der Waals surface area contributed by atoms with Crippen LogP contribution >= 0.6 is 11.6 Å². The summed E-state index contributed by atoms with van der Waals surface area (Å²) in [6.45, 7) is 1.13. The number of halogens is 1. The minimum absolute atomic E-state index is 0.348. The lowest BCUT2D eigenvalue weighted by atomic mass is 10.0. The zero-order valence-electron chi connectivity index (χ0n) is 8.37. The standard InChI is InChI=1S/C10H15ClN2O/c1-13-5-3-2-4-9(13)10-12-8(6-11)7-14-10/h7,9H,2-6H2,1H3. The second-order valence-corrected chi connectivity index (χ2v) is 4.07. The molecule has 0 N–H and O–H groups in total. The average Bonchev–Trinajstić information content (AvgIpc) is 2.67. The summed E-state index contributed by atoms with van der Waals surface area (Å²) in [7, 11) is 2.12. The summed E-state index contributed by atoms with van der Waals surface area (Å²) < 4.78 is 5.43. The first-order valence-electron chi connectivity index (χ1n) is 5.02. The summed E-state index contributed by atoms with van der Waals surface area (Å²) in [5.74, 6) is 1.25. The van der Waals surface area contributed by atoms with E-state index in [0.29, 0.717) is 11.9 Å². The third-order valence-corrected chi connectivity index (χ3v) is 3.04. The molecular weight excluding hydrogens is 200 g/mol. The van der Waals surface area contributed by atoms with Gasteiger partial charge in [-0.2, -0.15) is 0 Å². The van der Waals surface area contributed by atoms with E-state index in [9.17, 15) is 0 Å². The fraction of sp³-hybridized carbons (Fsp3) is 0.700. The van der Waals surface area contributed by atoms with Crippen LogP contribution in [0.4, 0.5) is 0 Å². The minimum atomic E-state index is 0.348. The van der Waals surface area contributed by atoms with Crippen LogP contribution in [0.5, 0.6) is 0 Å². The molecule has 14 heavy (non-hydrogen) atoms. The van der Waals surface area contributed by atoms with Gasteiger partial charge in [0.1, 0.15) is 6.26 Å². The molecule has 1 atom stereocenters. The first kappa shape index (κ1) is 9.99. The molecule has 78 valence electrons. The largest absolute Gasteiger partial charge is 0.447 e. The maximum Gasteiger partial charge on any atom is 0.211 e. The molecule has 1 aliphatic heterocycles. The van der Waals surface area contributed by atoms with E-state index in [1.807, 2.05) is 0 Å². The minimum Gasteiger partial charge on any atom is -0.447 e. The van der Waals surface area contributed by atoms with E-state index in [1.165, 1.54) is 12.8 Å². The number of piperidine rings is 1. The normalized spacial score (nSPS) is 24.0. The fourth-order valence-corrected chi connectivity index (χ4v) is 2.05. The van der Waals surface area contributed by atoms with Gasteiger partial charge in [0, 0.05) is 0 Å². The van der Waals surface area contributed by atoms with Gasteiger partial charge in [-0.15, -0.1) is 11.6 Å². The molecule has 1 aliphatic rings. The number of aromatic nitrogens is 1. The summed E-state index contributed by atoms with van der Waals surface area (Å²) in [6.07, 6.45) is 5.33. The smallest absolute Gasteiger partial charge is 0.211 e. The molecule has 2 heterocycles. The molecule has 1 unspecified atom stereocenters. The molecule has 4 heteroatoms. The Hall–Kier alpha value is -0.540. The molecule has 1 fully saturated rings. The van der Waals surface area contributed by atoms with Crippen molar-refractivity contribution >= 4 is 11.6 Å². The van der Waals surface area contributed by atoms with Crippen molar-refractivity contribution in [2.24, 2.45) is 0 Å². The SMILES string of the molecule is CN1CCCCC1c1nc(CCl)co1. The summed E-state index contributed by atoms with van der Waals surface area (Å²) >= 11 is 5.68. The molecule has 0 spiro atoms. The predicted molar refractivity (Wildman–Crippen MR) is 55.3 cm³/mol. The fourth-order valence-electron chi connectivity index (χ4n) is 1.92. The molecule has 0 radical (unpaired) electrons. The number of rotatable bonds is 2. The lowest BCUT2D eigenvalue weighted by molar-refractivity contribution is 0.159. The van der Waals surface area contributed by atoms with Gasteiger partial charge < -0.3 is 4.42 Å². The monoisotopic (exact) mass is 214 g/mol. The molecule has 0 aromatic carbocycles. The Morgan fingerprint density at radius 2 is 2.50 bits per heavy atom. The van der Waals surface area contributed by atoms with Gasteiger partial charge in [0.15, 0.2) is 0 Å². The van der Waals surface area contributed by atoms with Crippen molar-refractivity contribution in [1.82, 2.24) is 9.88 Å². The Morgan fingerprint density at radius 3 is 3.14 bits per heavy atom. The van der Waals surface area contributed by atoms with Crippen molar-refractivity contribution in [2.45, 2.75) is 31.2 Å². The second-order valence-electron chi connectivity index (χ2n) is 3.80. The summed E-state index contributed by atoms with van der Waals surface area (Å²) in [4.78, 5) is 6.66. The first-order chi connectivity index (χ1) is 6.81. The number of alkyl halides is 1. The van der Waals surface area contributed by atoms with Crippen LogP contribution in [0.15, 0.2) is 10.7 Å². The van der Waals surface area contributed by atoms with Crippen LogP contribution in [-0.4, -0.2) is 23.5 Å². The van der Waals surface area contributed by atoms with Gasteiger partial charge >= 0.3 is 0 Å². The van der Waals surface area contributed by atoms with Crippen molar-refractivity contribution < 1.29 is 4.42 Å². The number of oxazole rings is 1. The van der Waals surface area contributed by atoms with Crippen LogP contribution in [-0.2, 0) is 5.88 Å². The lowest BCUT2D eigenvalue weighted by Gasteiger charge is -2.29. The highest BCUT2D eigenvalue weighted by molar-refractivity contribution is 6.16. The maximum atomic E-state index is 5.68. The molecule has 2 rings (SSSR count). The van der Waals surface area contributed by atoms with Gasteiger partial charge in [-0.25, -0.2) is 4.98 Å². The quantitative estimate of drug-likeness (QED) is 0.709. The van der Waals surface area contributed by atoms with E-state index in [4.69, 9.17) is 16.0 Å². The topological polar surface area (TPSA) is 29.3 Å². The Balaban J connectivity index is 2.12. The number of nitrogens with zero attached hydrogens (tertiary/aromatic N) is 2. The molecule has 1 saturated heterocycles. The predicted octanol–water partition coefficient (Wildman–Crippen LogP) is 2.57. The summed E-state index contributed by atoms with van der Waals surface area (Å²) in [5.41, 5.74) is 0.834. The van der Waals surface area contributed by atoms with Crippen LogP contribution in [0, 0.1) is 0 Å². The Morgan fingerprint density at radius 1 is 1.64 bits per heavy atom. The third-order valence-electron chi connectivity index (χ3n) is 2.76. The zero-order chi connectivity index (χ0) is 9.97. The van der Waals surface area contributed by atoms with Gasteiger partial charge in [0.05, 0.1) is 17.6 Å². The van der Waals surface area contributed by atoms with Gasteiger partial charge in [0.2, 0.25) is 5.89 Å².